The number of rotatable bonds is 6. The molecule has 1 aliphatic carbocycles. The molecule has 2 aromatic rings. The maximum atomic E-state index is 12.7. The predicted molar refractivity (Wildman–Crippen MR) is 99.2 cm³/mol. The molecule has 7 heteroatoms. The number of amides is 1. The fourth-order valence-electron chi connectivity index (χ4n) is 3.43. The maximum Gasteiger partial charge on any atom is 0.233 e. The van der Waals surface area contributed by atoms with Gasteiger partial charge >= 0.3 is 0 Å². The molecule has 1 saturated carbocycles. The van der Waals surface area contributed by atoms with E-state index in [2.05, 4.69) is 22.1 Å². The maximum absolute atomic E-state index is 12.7. The molecular weight excluding hydrogens is 334 g/mol. The molecule has 134 valence electrons. The lowest BCUT2D eigenvalue weighted by atomic mass is 9.94. The molecular formula is C18H25N5OS. The smallest absolute Gasteiger partial charge is 0.233 e. The Balaban J connectivity index is 1.63. The number of thioether (sulfide) groups is 1. The summed E-state index contributed by atoms with van der Waals surface area (Å²) in [6.07, 6.45) is 9.53. The third-order valence-corrected chi connectivity index (χ3v) is 5.78. The summed E-state index contributed by atoms with van der Waals surface area (Å²) in [6, 6.07) is 4.23. The van der Waals surface area contributed by atoms with Crippen molar-refractivity contribution >= 4 is 17.7 Å². The molecule has 0 saturated heterocycles. The second kappa shape index (κ2) is 8.47. The van der Waals surface area contributed by atoms with Gasteiger partial charge in [0.05, 0.1) is 5.75 Å². The summed E-state index contributed by atoms with van der Waals surface area (Å²) < 4.78 is 1.93. The van der Waals surface area contributed by atoms with Crippen molar-refractivity contribution in [2.75, 3.05) is 12.3 Å². The number of aromatic nitrogens is 4. The largest absolute Gasteiger partial charge is 0.339 e. The molecule has 0 atom stereocenters. The monoisotopic (exact) mass is 359 g/mol. The van der Waals surface area contributed by atoms with Gasteiger partial charge in [-0.2, -0.15) is 0 Å². The van der Waals surface area contributed by atoms with Crippen molar-refractivity contribution in [1.29, 1.82) is 0 Å². The Bertz CT molecular complexity index is 697. The first-order valence-corrected chi connectivity index (χ1v) is 9.91. The van der Waals surface area contributed by atoms with E-state index in [0.717, 1.165) is 35.9 Å². The van der Waals surface area contributed by atoms with Crippen molar-refractivity contribution in [3.8, 4) is 11.4 Å². The van der Waals surface area contributed by atoms with E-state index in [1.165, 1.54) is 31.0 Å². The molecule has 0 N–H and O–H groups in total. The van der Waals surface area contributed by atoms with Gasteiger partial charge in [-0.25, -0.2) is 0 Å². The Morgan fingerprint density at radius 1 is 1.24 bits per heavy atom. The predicted octanol–water partition coefficient (Wildman–Crippen LogP) is 3.15. The van der Waals surface area contributed by atoms with Gasteiger partial charge in [-0.1, -0.05) is 31.0 Å². The van der Waals surface area contributed by atoms with E-state index in [1.54, 1.807) is 12.4 Å². The van der Waals surface area contributed by atoms with Gasteiger partial charge in [0.15, 0.2) is 11.0 Å². The number of hydrogen-bond donors (Lipinski definition) is 0. The number of carbonyl (C=O) groups excluding carboxylic acids is 1. The van der Waals surface area contributed by atoms with Crippen LogP contribution >= 0.6 is 11.8 Å². The molecule has 0 spiro atoms. The van der Waals surface area contributed by atoms with Crippen LogP contribution in [-0.4, -0.2) is 48.9 Å². The van der Waals surface area contributed by atoms with Gasteiger partial charge < -0.3 is 9.47 Å². The third-order valence-electron chi connectivity index (χ3n) is 4.77. The summed E-state index contributed by atoms with van der Waals surface area (Å²) in [7, 11) is 1.93. The number of nitrogens with zero attached hydrogens (tertiary/aromatic N) is 5. The van der Waals surface area contributed by atoms with Crippen molar-refractivity contribution in [1.82, 2.24) is 24.6 Å². The first-order valence-electron chi connectivity index (χ1n) is 8.92. The van der Waals surface area contributed by atoms with E-state index >= 15 is 0 Å². The van der Waals surface area contributed by atoms with Crippen molar-refractivity contribution in [3.05, 3.63) is 24.5 Å². The Labute approximate surface area is 153 Å². The number of carbonyl (C=O) groups is 1. The van der Waals surface area contributed by atoms with E-state index in [-0.39, 0.29) is 5.91 Å². The van der Waals surface area contributed by atoms with Gasteiger partial charge in [-0.05, 0) is 31.9 Å². The minimum atomic E-state index is 0.202. The molecule has 25 heavy (non-hydrogen) atoms. The van der Waals surface area contributed by atoms with Gasteiger partial charge in [0.1, 0.15) is 0 Å². The molecule has 3 rings (SSSR count). The Hall–Kier alpha value is -1.89. The van der Waals surface area contributed by atoms with Crippen molar-refractivity contribution in [2.24, 2.45) is 7.05 Å². The summed E-state index contributed by atoms with van der Waals surface area (Å²) in [5, 5.41) is 9.27. The molecule has 0 aromatic carbocycles. The lowest BCUT2D eigenvalue weighted by Crippen LogP contribution is -2.42. The second-order valence-electron chi connectivity index (χ2n) is 6.36. The fraction of sp³-hybridized carbons (Fsp3) is 0.556. The highest BCUT2D eigenvalue weighted by Gasteiger charge is 2.24. The van der Waals surface area contributed by atoms with Gasteiger partial charge in [-0.15, -0.1) is 10.2 Å². The third kappa shape index (κ3) is 4.21. The van der Waals surface area contributed by atoms with E-state index in [1.807, 2.05) is 28.6 Å². The number of hydrogen-bond acceptors (Lipinski definition) is 5. The zero-order chi connectivity index (χ0) is 17.6. The van der Waals surface area contributed by atoms with Gasteiger partial charge in [0.25, 0.3) is 0 Å². The Morgan fingerprint density at radius 2 is 1.96 bits per heavy atom. The molecule has 6 nitrogen and oxygen atoms in total. The lowest BCUT2D eigenvalue weighted by Gasteiger charge is -2.33. The molecule has 1 aliphatic rings. The van der Waals surface area contributed by atoms with E-state index in [9.17, 15) is 4.79 Å². The first kappa shape index (κ1) is 17.9. The van der Waals surface area contributed by atoms with Crippen molar-refractivity contribution in [2.45, 2.75) is 50.2 Å². The number of pyridine rings is 1. The zero-order valence-electron chi connectivity index (χ0n) is 14.9. The molecule has 0 aliphatic heterocycles. The van der Waals surface area contributed by atoms with E-state index in [0.29, 0.717) is 11.8 Å². The molecule has 1 fully saturated rings. The SMILES string of the molecule is CCN(C(=O)CSc1nnc(-c2ccncc2)n1C)C1CCCCC1. The van der Waals surface area contributed by atoms with Gasteiger partial charge in [-0.3, -0.25) is 9.78 Å². The van der Waals surface area contributed by atoms with E-state index in [4.69, 9.17) is 0 Å². The molecule has 2 aromatic heterocycles. The highest BCUT2D eigenvalue weighted by Crippen LogP contribution is 2.25. The Morgan fingerprint density at radius 3 is 2.64 bits per heavy atom. The molecule has 0 unspecified atom stereocenters. The summed E-state index contributed by atoms with van der Waals surface area (Å²) in [5.74, 6) is 1.40. The average Bonchev–Trinajstić information content (AvgIpc) is 3.03. The van der Waals surface area contributed by atoms with Gasteiger partial charge in [0.2, 0.25) is 5.91 Å². The first-order chi connectivity index (χ1) is 12.2. The average molecular weight is 359 g/mol. The van der Waals surface area contributed by atoms with Crippen molar-refractivity contribution < 1.29 is 4.79 Å². The minimum Gasteiger partial charge on any atom is -0.339 e. The van der Waals surface area contributed by atoms with Crippen LogP contribution in [0.5, 0.6) is 0 Å². The van der Waals surface area contributed by atoms with Crippen LogP contribution in [-0.2, 0) is 11.8 Å². The van der Waals surface area contributed by atoms with Crippen molar-refractivity contribution in [3.63, 3.8) is 0 Å². The fourth-order valence-corrected chi connectivity index (χ4v) is 4.23. The molecule has 0 bridgehead atoms. The second-order valence-corrected chi connectivity index (χ2v) is 7.30. The van der Waals surface area contributed by atoms with Crippen LogP contribution in [0.2, 0.25) is 0 Å². The topological polar surface area (TPSA) is 63.9 Å². The summed E-state index contributed by atoms with van der Waals surface area (Å²) in [6.45, 7) is 2.85. The highest BCUT2D eigenvalue weighted by atomic mass is 32.2. The van der Waals surface area contributed by atoms with Crippen LogP contribution in [0.1, 0.15) is 39.0 Å². The Kier molecular flexibility index (Phi) is 6.07. The minimum absolute atomic E-state index is 0.202. The molecule has 0 radical (unpaired) electrons. The van der Waals surface area contributed by atoms with Crippen LogP contribution in [0.4, 0.5) is 0 Å². The van der Waals surface area contributed by atoms with Crippen LogP contribution in [0, 0.1) is 0 Å². The van der Waals surface area contributed by atoms with E-state index < -0.39 is 0 Å². The summed E-state index contributed by atoms with van der Waals surface area (Å²) in [5.41, 5.74) is 0.973. The summed E-state index contributed by atoms with van der Waals surface area (Å²) in [4.78, 5) is 18.7. The standard InChI is InChI=1S/C18H25N5OS/c1-3-23(15-7-5-4-6-8-15)16(24)13-25-18-21-20-17(22(18)2)14-9-11-19-12-10-14/h9-12,15H,3-8,13H2,1-2H3. The van der Waals surface area contributed by atoms with Crippen LogP contribution in [0.15, 0.2) is 29.7 Å². The van der Waals surface area contributed by atoms with Crippen LogP contribution in [0.25, 0.3) is 11.4 Å². The molecule has 2 heterocycles. The van der Waals surface area contributed by atoms with Crippen LogP contribution in [0.3, 0.4) is 0 Å². The highest BCUT2D eigenvalue weighted by molar-refractivity contribution is 7.99. The lowest BCUT2D eigenvalue weighted by molar-refractivity contribution is -0.131. The molecule has 1 amide bonds. The van der Waals surface area contributed by atoms with Crippen LogP contribution < -0.4 is 0 Å². The zero-order valence-corrected chi connectivity index (χ0v) is 15.7. The summed E-state index contributed by atoms with van der Waals surface area (Å²) >= 11 is 1.46. The quantitative estimate of drug-likeness (QED) is 0.742. The normalized spacial score (nSPS) is 15.3. The van der Waals surface area contributed by atoms with Gasteiger partial charge in [0, 0.05) is 37.6 Å².